The van der Waals surface area contributed by atoms with E-state index >= 15 is 0 Å². The first-order valence-corrected chi connectivity index (χ1v) is 72.7. The van der Waals surface area contributed by atoms with E-state index in [1.165, 1.54) is 0 Å². The van der Waals surface area contributed by atoms with Crippen LogP contribution in [0.3, 0.4) is 0 Å². The van der Waals surface area contributed by atoms with Gasteiger partial charge in [-0.15, -0.1) is 0 Å². The molecule has 618 valence electrons. The lowest BCUT2D eigenvalue weighted by Crippen LogP contribution is -2.88. The second kappa shape index (κ2) is 34.3. The van der Waals surface area contributed by atoms with Gasteiger partial charge in [-0.25, -0.2) is 0 Å². The molecular weight excluding hydrogens is 1630 g/mol. The number of rotatable bonds is 39. The van der Waals surface area contributed by atoms with Crippen LogP contribution in [0.4, 0.5) is 0 Å². The lowest BCUT2D eigenvalue weighted by Gasteiger charge is -2.64. The van der Waals surface area contributed by atoms with Gasteiger partial charge in [-0.3, -0.25) is 0 Å². The fourth-order valence-corrected chi connectivity index (χ4v) is 121. The monoisotopic (exact) mass is 1770 g/mol. The van der Waals surface area contributed by atoms with Crippen molar-refractivity contribution in [2.24, 2.45) is 82.9 Å². The van der Waals surface area contributed by atoms with E-state index < -0.39 is 141 Å². The second-order valence-electron chi connectivity index (χ2n) is 39.1. The van der Waals surface area contributed by atoms with Crippen LogP contribution in [0.1, 0.15) is 245 Å². The van der Waals surface area contributed by atoms with Crippen LogP contribution in [0.15, 0.2) is 0 Å². The molecule has 0 aromatic heterocycles. The maximum absolute atomic E-state index is 8.14. The number of hydrogen-bond acceptors (Lipinski definition) is 24. The molecule has 0 aromatic carbocycles. The molecule has 0 N–H and O–H groups in total. The van der Waals surface area contributed by atoms with Crippen LogP contribution >= 0.6 is 0 Å². The summed E-state index contributed by atoms with van der Waals surface area (Å²) < 4.78 is 193. The molecule has 12 rings (SSSR count). The third kappa shape index (κ3) is 22.1. The van der Waals surface area contributed by atoms with Gasteiger partial charge in [-0.2, -0.15) is 0 Å². The normalized spacial score (nSPS) is 41.5. The van der Waals surface area contributed by atoms with Gasteiger partial charge in [0.05, 0.1) is 0 Å². The van der Waals surface area contributed by atoms with Crippen LogP contribution in [-0.4, -0.2) is 141 Å². The zero-order valence-electron chi connectivity index (χ0n) is 70.9. The Morgan fingerprint density at radius 1 is 0.113 bits per heavy atom. The van der Waals surface area contributed by atoms with E-state index in [1.54, 1.807) is 0 Å². The third-order valence-corrected chi connectivity index (χ3v) is 99.5. The van der Waals surface area contributed by atoms with Crippen molar-refractivity contribution in [3.8, 4) is 0 Å². The van der Waals surface area contributed by atoms with Crippen molar-refractivity contribution in [3.05, 3.63) is 0 Å². The van der Waals surface area contributed by atoms with E-state index in [2.05, 4.69) is 194 Å². The van der Waals surface area contributed by atoms with Crippen molar-refractivity contribution in [2.45, 2.75) is 342 Å². The molecule has 0 aliphatic carbocycles. The molecule has 12 aliphatic rings. The van der Waals surface area contributed by atoms with Crippen LogP contribution in [0.2, 0.25) is 96.7 Å². The first kappa shape index (κ1) is 90.8. The number of unbranched alkanes of at least 4 members (excludes halogenated alkanes) is 7. The highest BCUT2D eigenvalue weighted by Crippen LogP contribution is 2.60. The summed E-state index contributed by atoms with van der Waals surface area (Å²) in [6, 6.07) is 7.42. The molecule has 0 aromatic rings. The molecule has 40 heteroatoms. The standard InChI is InChI=1S/C66H146O24Si16/c1-53(2)39-93-67-91(68-94(40-54(3)4)75-99(73-93,45-59(13)14)85-105(51-65(25)26)86-100(74-93,46-60(15)16)76-95(69-91,41-55(5)6)78-101(77-94,87-105)47-61(17)18)37-35-33-31-29-30-32-34-36-38-92-70-96(42-56(7)8)79-102(48-62(19)20)81-97(71-92,43-57(9)10)83-104(50-64(23)24)84-98(72-92,44-58(11)12)82-103(80-96,49-63(21)22)89-106(88-102,90-104)52-66(27)28/h53-66H,29-52H2,1-28H3. The van der Waals surface area contributed by atoms with Crippen LogP contribution in [-0.2, 0) is 98.8 Å². The predicted molar refractivity (Wildman–Crippen MR) is 440 cm³/mol. The van der Waals surface area contributed by atoms with E-state index in [9.17, 15) is 0 Å². The maximum atomic E-state index is 8.14. The smallest absolute Gasteiger partial charge is 0.373 e. The largest absolute Gasteiger partial charge is 0.479 e. The highest BCUT2D eigenvalue weighted by molar-refractivity contribution is 7.05. The Kier molecular flexibility index (Phi) is 29.4. The van der Waals surface area contributed by atoms with Gasteiger partial charge in [0, 0.05) is 96.7 Å². The summed E-state index contributed by atoms with van der Waals surface area (Å²) in [5.74, 6) is 1.16. The Bertz CT molecular complexity index is 2400. The lowest BCUT2D eigenvalue weighted by atomic mass is 10.1. The van der Waals surface area contributed by atoms with Gasteiger partial charge in [0.15, 0.2) is 0 Å². The minimum Gasteiger partial charge on any atom is -0.373 e. The van der Waals surface area contributed by atoms with Gasteiger partial charge >= 0.3 is 141 Å². The molecule has 12 fully saturated rings. The first-order valence-electron chi connectivity index (χ1n) is 41.8. The van der Waals surface area contributed by atoms with Crippen LogP contribution in [0.5, 0.6) is 0 Å². The summed E-state index contributed by atoms with van der Waals surface area (Å²) in [6.07, 6.45) is 7.29. The molecule has 24 nitrogen and oxygen atoms in total. The molecule has 12 aliphatic heterocycles. The van der Waals surface area contributed by atoms with Crippen molar-refractivity contribution < 1.29 is 98.8 Å². The topological polar surface area (TPSA) is 222 Å². The molecule has 16 bridgehead atoms. The van der Waals surface area contributed by atoms with Gasteiger partial charge in [0.25, 0.3) is 0 Å². The Morgan fingerprint density at radius 2 is 0.189 bits per heavy atom. The molecular formula is C66H146O24Si16. The molecule has 0 amide bonds. The molecule has 12 saturated heterocycles. The van der Waals surface area contributed by atoms with E-state index in [4.69, 9.17) is 98.8 Å². The predicted octanol–water partition coefficient (Wildman–Crippen LogP) is 18.8. The van der Waals surface area contributed by atoms with Crippen molar-refractivity contribution in [2.75, 3.05) is 0 Å². The van der Waals surface area contributed by atoms with Crippen LogP contribution in [0.25, 0.3) is 0 Å². The SMILES string of the molecule is CC(C)C[Si]12O[Si]3(CCCCCCCCCC[Si]45O[Si]6(CC(C)C)O[Si]7(CC(C)C)O[Si](CC(C)C)(O4)O[Si]4(CC(C)C)O[Si](CC(C)C)(O5)O[Si](CC(C)C)(O6)O[Si](CC(C)C)(O7)O4)O[Si]4(CC(C)C)O[Si](CC(C)C)(O1)O[Si]1(CC(C)C)O[Si](CC(C)C)(O2)O[Si](CC(C)C)(O3)O[Si](CC(C)C)(O4)O1. The zero-order valence-corrected chi connectivity index (χ0v) is 86.9. The Hall–Kier alpha value is 2.51. The number of hydrogen-bond donors (Lipinski definition) is 0. The summed E-state index contributed by atoms with van der Waals surface area (Å²) in [6.45, 7) is 61.5. The Morgan fingerprint density at radius 3 is 0.274 bits per heavy atom. The van der Waals surface area contributed by atoms with Gasteiger partial charge in [0.1, 0.15) is 0 Å². The van der Waals surface area contributed by atoms with Crippen molar-refractivity contribution in [3.63, 3.8) is 0 Å². The van der Waals surface area contributed by atoms with E-state index in [0.29, 0.717) is 96.7 Å². The molecule has 0 atom stereocenters. The second-order valence-corrected chi connectivity index (χ2v) is 87.2. The molecule has 106 heavy (non-hydrogen) atoms. The average molecular weight is 1770 g/mol. The summed E-state index contributed by atoms with van der Waals surface area (Å²) in [5.41, 5.74) is 0. The molecule has 0 spiro atoms. The van der Waals surface area contributed by atoms with Crippen molar-refractivity contribution >= 4 is 141 Å². The zero-order chi connectivity index (χ0) is 78.0. The van der Waals surface area contributed by atoms with Gasteiger partial charge < -0.3 is 98.8 Å². The fraction of sp³-hybridized carbons (Fsp3) is 1.00. The van der Waals surface area contributed by atoms with Crippen molar-refractivity contribution in [1.29, 1.82) is 0 Å². The van der Waals surface area contributed by atoms with Crippen molar-refractivity contribution in [1.82, 2.24) is 0 Å². The summed E-state index contributed by atoms with van der Waals surface area (Å²) >= 11 is 0. The molecule has 0 radical (unpaired) electrons. The summed E-state index contributed by atoms with van der Waals surface area (Å²) in [4.78, 5) is 0. The van der Waals surface area contributed by atoms with Crippen LogP contribution in [0, 0.1) is 82.9 Å². The molecule has 0 saturated carbocycles. The van der Waals surface area contributed by atoms with Gasteiger partial charge in [0.2, 0.25) is 0 Å². The minimum absolute atomic E-state index is 0.0746. The Labute approximate surface area is 659 Å². The van der Waals surface area contributed by atoms with E-state index in [0.717, 1.165) is 51.4 Å². The summed E-state index contributed by atoms with van der Waals surface area (Å²) in [7, 11) is -64.7. The van der Waals surface area contributed by atoms with Gasteiger partial charge in [-0.05, 0) is 95.7 Å². The highest BCUT2D eigenvalue weighted by Gasteiger charge is 2.86. The lowest BCUT2D eigenvalue weighted by molar-refractivity contribution is -0.0397. The molecule has 0 unspecified atom stereocenters. The molecule has 12 heterocycles. The maximum Gasteiger partial charge on any atom is 0.479 e. The average Bonchev–Trinajstić information content (AvgIpc) is 0.690. The quantitative estimate of drug-likeness (QED) is 0.0412. The van der Waals surface area contributed by atoms with E-state index in [-0.39, 0.29) is 82.9 Å². The third-order valence-electron chi connectivity index (χ3n) is 19.4. The first-order chi connectivity index (χ1) is 49.0. The highest BCUT2D eigenvalue weighted by atomic mass is 28.6. The van der Waals surface area contributed by atoms with E-state index in [1.807, 2.05) is 0 Å². The summed E-state index contributed by atoms with van der Waals surface area (Å²) in [5, 5.41) is 0. The fourth-order valence-electron chi connectivity index (χ4n) is 17.5. The minimum atomic E-state index is -4.11. The van der Waals surface area contributed by atoms with Crippen LogP contribution < -0.4 is 0 Å². The van der Waals surface area contributed by atoms with Gasteiger partial charge in [-0.1, -0.05) is 232 Å². The Balaban J connectivity index is 0.968.